The lowest BCUT2D eigenvalue weighted by Crippen LogP contribution is -2.27. The highest BCUT2D eigenvalue weighted by Gasteiger charge is 2.21. The van der Waals surface area contributed by atoms with Gasteiger partial charge in [-0.05, 0) is 26.3 Å². The third-order valence-electron chi connectivity index (χ3n) is 2.45. The van der Waals surface area contributed by atoms with Gasteiger partial charge in [0.15, 0.2) is 0 Å². The zero-order valence-electron chi connectivity index (χ0n) is 9.54. The van der Waals surface area contributed by atoms with Crippen LogP contribution in [0.3, 0.4) is 0 Å². The van der Waals surface area contributed by atoms with Crippen molar-refractivity contribution < 1.29 is 5.11 Å². The van der Waals surface area contributed by atoms with Gasteiger partial charge in [-0.15, -0.1) is 0 Å². The van der Waals surface area contributed by atoms with Crippen molar-refractivity contribution in [3.63, 3.8) is 0 Å². The Bertz CT molecular complexity index is 302. The first-order chi connectivity index (χ1) is 6.44. The van der Waals surface area contributed by atoms with Crippen LogP contribution in [0.1, 0.15) is 38.1 Å². The van der Waals surface area contributed by atoms with Crippen molar-refractivity contribution in [1.82, 2.24) is 9.78 Å². The van der Waals surface area contributed by atoms with Crippen LogP contribution < -0.4 is 0 Å². The van der Waals surface area contributed by atoms with Crippen LogP contribution in [0.2, 0.25) is 0 Å². The van der Waals surface area contributed by atoms with E-state index in [9.17, 15) is 5.11 Å². The predicted molar refractivity (Wildman–Crippen MR) is 57.2 cm³/mol. The molecule has 1 N–H and O–H groups in total. The molecule has 1 rings (SSSR count). The van der Waals surface area contributed by atoms with Crippen LogP contribution in [0.15, 0.2) is 6.07 Å². The average molecular weight is 196 g/mol. The molecule has 80 valence electrons. The molecule has 0 aromatic carbocycles. The van der Waals surface area contributed by atoms with E-state index in [1.165, 1.54) is 0 Å². The summed E-state index contributed by atoms with van der Waals surface area (Å²) in [7, 11) is 1.92. The maximum atomic E-state index is 10.1. The molecule has 0 aliphatic carbocycles. The van der Waals surface area contributed by atoms with E-state index in [1.807, 2.05) is 31.6 Å². The van der Waals surface area contributed by atoms with E-state index in [4.69, 9.17) is 0 Å². The summed E-state index contributed by atoms with van der Waals surface area (Å²) in [6.07, 6.45) is 2.51. The molecule has 1 aromatic rings. The lowest BCUT2D eigenvalue weighted by atomic mass is 9.95. The van der Waals surface area contributed by atoms with Crippen molar-refractivity contribution in [3.05, 3.63) is 17.5 Å². The molecule has 1 atom stereocenters. The quantitative estimate of drug-likeness (QED) is 0.797. The summed E-state index contributed by atoms with van der Waals surface area (Å²) in [5.74, 6) is 0. The van der Waals surface area contributed by atoms with Gasteiger partial charge < -0.3 is 5.11 Å². The van der Waals surface area contributed by atoms with Gasteiger partial charge in [-0.25, -0.2) is 0 Å². The van der Waals surface area contributed by atoms with E-state index in [0.717, 1.165) is 24.2 Å². The van der Waals surface area contributed by atoms with Crippen LogP contribution in [0.5, 0.6) is 0 Å². The number of hydrogen-bond acceptors (Lipinski definition) is 2. The summed E-state index contributed by atoms with van der Waals surface area (Å²) in [6, 6.07) is 2.03. The Hall–Kier alpha value is -0.830. The fraction of sp³-hybridized carbons (Fsp3) is 0.727. The standard InChI is InChI=1S/C11H20N2O/c1-5-6-11(3,14)8-10-7-9(2)12-13(10)4/h7,14H,5-6,8H2,1-4H3. The monoisotopic (exact) mass is 196 g/mol. The molecule has 1 aromatic heterocycles. The Morgan fingerprint density at radius 1 is 1.57 bits per heavy atom. The van der Waals surface area contributed by atoms with Crippen LogP contribution in [-0.4, -0.2) is 20.5 Å². The number of nitrogens with zero attached hydrogens (tertiary/aromatic N) is 2. The molecule has 3 heteroatoms. The molecular formula is C11H20N2O. The first-order valence-corrected chi connectivity index (χ1v) is 5.16. The molecule has 0 spiro atoms. The first-order valence-electron chi connectivity index (χ1n) is 5.16. The summed E-state index contributed by atoms with van der Waals surface area (Å²) >= 11 is 0. The van der Waals surface area contributed by atoms with Crippen LogP contribution >= 0.6 is 0 Å². The highest BCUT2D eigenvalue weighted by molar-refractivity contribution is 5.10. The minimum absolute atomic E-state index is 0.602. The summed E-state index contributed by atoms with van der Waals surface area (Å²) in [4.78, 5) is 0. The van der Waals surface area contributed by atoms with Crippen molar-refractivity contribution in [2.75, 3.05) is 0 Å². The van der Waals surface area contributed by atoms with Gasteiger partial charge in [-0.3, -0.25) is 4.68 Å². The van der Waals surface area contributed by atoms with Gasteiger partial charge in [-0.2, -0.15) is 5.10 Å². The van der Waals surface area contributed by atoms with Crippen molar-refractivity contribution >= 4 is 0 Å². The number of hydrogen-bond donors (Lipinski definition) is 1. The zero-order chi connectivity index (χ0) is 10.8. The van der Waals surface area contributed by atoms with Crippen LogP contribution in [0.25, 0.3) is 0 Å². The topological polar surface area (TPSA) is 38.1 Å². The number of rotatable bonds is 4. The third kappa shape index (κ3) is 2.84. The van der Waals surface area contributed by atoms with Crippen LogP contribution in [-0.2, 0) is 13.5 Å². The zero-order valence-corrected chi connectivity index (χ0v) is 9.54. The van der Waals surface area contributed by atoms with E-state index < -0.39 is 5.60 Å². The van der Waals surface area contributed by atoms with E-state index in [0.29, 0.717) is 6.42 Å². The summed E-state index contributed by atoms with van der Waals surface area (Å²) < 4.78 is 1.85. The fourth-order valence-electron chi connectivity index (χ4n) is 1.85. The molecular weight excluding hydrogens is 176 g/mol. The van der Waals surface area contributed by atoms with Crippen LogP contribution in [0.4, 0.5) is 0 Å². The van der Waals surface area contributed by atoms with Crippen LogP contribution in [0, 0.1) is 6.92 Å². The predicted octanol–water partition coefficient (Wildman–Crippen LogP) is 1.82. The van der Waals surface area contributed by atoms with Gasteiger partial charge in [0, 0.05) is 19.2 Å². The van der Waals surface area contributed by atoms with Crippen molar-refractivity contribution in [3.8, 4) is 0 Å². The second-order valence-electron chi connectivity index (χ2n) is 4.32. The largest absolute Gasteiger partial charge is 0.390 e. The summed E-state index contributed by atoms with van der Waals surface area (Å²) in [6.45, 7) is 5.94. The number of aliphatic hydroxyl groups is 1. The SMILES string of the molecule is CCCC(C)(O)Cc1cc(C)nn1C. The Morgan fingerprint density at radius 2 is 2.21 bits per heavy atom. The average Bonchev–Trinajstić information content (AvgIpc) is 2.28. The van der Waals surface area contributed by atoms with Gasteiger partial charge in [0.25, 0.3) is 0 Å². The highest BCUT2D eigenvalue weighted by atomic mass is 16.3. The Morgan fingerprint density at radius 3 is 2.64 bits per heavy atom. The minimum Gasteiger partial charge on any atom is -0.390 e. The molecule has 0 fully saturated rings. The van der Waals surface area contributed by atoms with E-state index >= 15 is 0 Å². The Balaban J connectivity index is 2.72. The second-order valence-corrected chi connectivity index (χ2v) is 4.32. The normalized spacial score (nSPS) is 15.5. The van der Waals surface area contributed by atoms with Crippen molar-refractivity contribution in [2.24, 2.45) is 7.05 Å². The van der Waals surface area contributed by atoms with Gasteiger partial charge in [0.2, 0.25) is 0 Å². The molecule has 1 heterocycles. The number of aryl methyl sites for hydroxylation is 2. The maximum absolute atomic E-state index is 10.1. The molecule has 0 aliphatic rings. The lowest BCUT2D eigenvalue weighted by Gasteiger charge is -2.22. The molecule has 0 radical (unpaired) electrons. The molecule has 0 bridgehead atoms. The lowest BCUT2D eigenvalue weighted by molar-refractivity contribution is 0.0487. The minimum atomic E-state index is -0.602. The van der Waals surface area contributed by atoms with Crippen molar-refractivity contribution in [2.45, 2.75) is 45.6 Å². The first kappa shape index (κ1) is 11.2. The molecule has 3 nitrogen and oxygen atoms in total. The van der Waals surface area contributed by atoms with Gasteiger partial charge in [-0.1, -0.05) is 13.3 Å². The van der Waals surface area contributed by atoms with Gasteiger partial charge >= 0.3 is 0 Å². The highest BCUT2D eigenvalue weighted by Crippen LogP contribution is 2.18. The second kappa shape index (κ2) is 4.13. The Kier molecular flexibility index (Phi) is 3.32. The molecule has 14 heavy (non-hydrogen) atoms. The van der Waals surface area contributed by atoms with Gasteiger partial charge in [0.1, 0.15) is 0 Å². The van der Waals surface area contributed by atoms with Gasteiger partial charge in [0.05, 0.1) is 11.3 Å². The summed E-state index contributed by atoms with van der Waals surface area (Å²) in [5.41, 5.74) is 1.50. The molecule has 1 unspecified atom stereocenters. The molecule has 0 saturated carbocycles. The van der Waals surface area contributed by atoms with Crippen molar-refractivity contribution in [1.29, 1.82) is 0 Å². The number of aromatic nitrogens is 2. The summed E-state index contributed by atoms with van der Waals surface area (Å²) in [5, 5.41) is 14.3. The molecule has 0 saturated heterocycles. The van der Waals surface area contributed by atoms with E-state index in [-0.39, 0.29) is 0 Å². The molecule has 0 aliphatic heterocycles. The fourth-order valence-corrected chi connectivity index (χ4v) is 1.85. The third-order valence-corrected chi connectivity index (χ3v) is 2.45. The Labute approximate surface area is 85.8 Å². The smallest absolute Gasteiger partial charge is 0.0674 e. The van der Waals surface area contributed by atoms with E-state index in [2.05, 4.69) is 12.0 Å². The molecule has 0 amide bonds. The maximum Gasteiger partial charge on any atom is 0.0674 e. The van der Waals surface area contributed by atoms with E-state index in [1.54, 1.807) is 0 Å².